The maximum atomic E-state index is 11.5. The summed E-state index contributed by atoms with van der Waals surface area (Å²) in [5, 5.41) is 4.25. The smallest absolute Gasteiger partial charge is 0.311 e. The molecular formula is C16H20N2O4. The molecule has 1 aromatic heterocycles. The molecule has 0 aliphatic heterocycles. The monoisotopic (exact) mass is 304 g/mol. The summed E-state index contributed by atoms with van der Waals surface area (Å²) in [5.41, 5.74) is 2.35. The van der Waals surface area contributed by atoms with Crippen molar-refractivity contribution >= 4 is 22.6 Å². The van der Waals surface area contributed by atoms with Crippen molar-refractivity contribution in [3.05, 3.63) is 36.0 Å². The Balaban J connectivity index is 2.30. The number of anilines is 1. The van der Waals surface area contributed by atoms with Crippen LogP contribution in [0.2, 0.25) is 0 Å². The minimum atomic E-state index is -0.351. The highest BCUT2D eigenvalue weighted by atomic mass is 16.7. The highest BCUT2D eigenvalue weighted by Gasteiger charge is 2.11. The zero-order valence-electron chi connectivity index (χ0n) is 13.0. The fourth-order valence-electron chi connectivity index (χ4n) is 2.14. The first-order chi connectivity index (χ1) is 10.7. The fourth-order valence-corrected chi connectivity index (χ4v) is 2.14. The van der Waals surface area contributed by atoms with Gasteiger partial charge in [0, 0.05) is 25.3 Å². The van der Waals surface area contributed by atoms with E-state index in [2.05, 4.69) is 10.3 Å². The maximum absolute atomic E-state index is 11.5. The van der Waals surface area contributed by atoms with Gasteiger partial charge in [-0.2, -0.15) is 0 Å². The van der Waals surface area contributed by atoms with Crippen LogP contribution in [-0.4, -0.2) is 45.1 Å². The number of aromatic nitrogens is 1. The van der Waals surface area contributed by atoms with Gasteiger partial charge in [0.2, 0.25) is 0 Å². The Morgan fingerprint density at radius 2 is 1.95 bits per heavy atom. The molecule has 0 atom stereocenters. The number of hydrogen-bond donors (Lipinski definition) is 1. The van der Waals surface area contributed by atoms with Gasteiger partial charge in [0.05, 0.1) is 31.3 Å². The van der Waals surface area contributed by atoms with Crippen LogP contribution in [0.25, 0.3) is 10.9 Å². The molecular weight excluding hydrogens is 284 g/mol. The van der Waals surface area contributed by atoms with E-state index < -0.39 is 0 Å². The molecule has 0 amide bonds. The van der Waals surface area contributed by atoms with Crippen molar-refractivity contribution in [2.45, 2.75) is 12.7 Å². The predicted molar refractivity (Wildman–Crippen MR) is 83.8 cm³/mol. The summed E-state index contributed by atoms with van der Waals surface area (Å²) in [5.74, 6) is -0.319. The minimum absolute atomic E-state index is 0.133. The van der Waals surface area contributed by atoms with Gasteiger partial charge in [-0.3, -0.25) is 9.78 Å². The Morgan fingerprint density at radius 1 is 1.23 bits per heavy atom. The highest BCUT2D eigenvalue weighted by Crippen LogP contribution is 2.23. The normalized spacial score (nSPS) is 10.9. The third-order valence-electron chi connectivity index (χ3n) is 3.31. The Morgan fingerprint density at radius 3 is 2.64 bits per heavy atom. The van der Waals surface area contributed by atoms with E-state index in [4.69, 9.17) is 14.2 Å². The molecule has 2 rings (SSSR count). The number of hydrogen-bond acceptors (Lipinski definition) is 6. The number of esters is 1. The van der Waals surface area contributed by atoms with Crippen molar-refractivity contribution < 1.29 is 19.0 Å². The van der Waals surface area contributed by atoms with E-state index in [0.717, 1.165) is 16.6 Å². The lowest BCUT2D eigenvalue weighted by Crippen LogP contribution is -2.23. The van der Waals surface area contributed by atoms with Crippen LogP contribution in [0, 0.1) is 0 Å². The molecule has 6 nitrogen and oxygen atoms in total. The summed E-state index contributed by atoms with van der Waals surface area (Å²) >= 11 is 0. The first-order valence-electron chi connectivity index (χ1n) is 6.93. The standard InChI is InChI=1S/C16H20N2O4/c1-20-15(19)9-11-8-14(17-10-16(21-2)22-3)12-6-4-5-7-13(12)18-11/h4-8,16H,9-10H2,1-3H3,(H,17,18). The third-order valence-corrected chi connectivity index (χ3v) is 3.31. The number of benzene rings is 1. The van der Waals surface area contributed by atoms with Crippen molar-refractivity contribution in [2.24, 2.45) is 0 Å². The number of carbonyl (C=O) groups excluding carboxylic acids is 1. The number of carbonyl (C=O) groups is 1. The summed E-state index contributed by atoms with van der Waals surface area (Å²) in [6, 6.07) is 9.59. The molecule has 0 spiro atoms. The number of methoxy groups -OCH3 is 3. The van der Waals surface area contributed by atoms with Crippen molar-refractivity contribution in [3.8, 4) is 0 Å². The van der Waals surface area contributed by atoms with Crippen molar-refractivity contribution in [2.75, 3.05) is 33.2 Å². The summed E-state index contributed by atoms with van der Waals surface area (Å²) < 4.78 is 15.0. The molecule has 1 N–H and O–H groups in total. The molecule has 22 heavy (non-hydrogen) atoms. The summed E-state index contributed by atoms with van der Waals surface area (Å²) in [7, 11) is 4.54. The first-order valence-corrected chi connectivity index (χ1v) is 6.93. The second-order valence-electron chi connectivity index (χ2n) is 4.71. The van der Waals surface area contributed by atoms with Crippen molar-refractivity contribution in [1.82, 2.24) is 4.98 Å². The quantitative estimate of drug-likeness (QED) is 0.623. The van der Waals surface area contributed by atoms with E-state index in [1.54, 1.807) is 14.2 Å². The van der Waals surface area contributed by atoms with Gasteiger partial charge in [0.15, 0.2) is 6.29 Å². The average molecular weight is 304 g/mol. The van der Waals surface area contributed by atoms with Crippen LogP contribution >= 0.6 is 0 Å². The van der Waals surface area contributed by atoms with Crippen LogP contribution in [-0.2, 0) is 25.4 Å². The van der Waals surface area contributed by atoms with E-state index in [0.29, 0.717) is 12.2 Å². The number of nitrogens with one attached hydrogen (secondary N) is 1. The van der Waals surface area contributed by atoms with Crippen molar-refractivity contribution in [3.63, 3.8) is 0 Å². The van der Waals surface area contributed by atoms with Crippen LogP contribution in [0.15, 0.2) is 30.3 Å². The number of pyridine rings is 1. The molecule has 0 fully saturated rings. The zero-order valence-corrected chi connectivity index (χ0v) is 13.0. The van der Waals surface area contributed by atoms with Crippen molar-refractivity contribution in [1.29, 1.82) is 0 Å². The molecule has 118 valence electrons. The number of fused-ring (bicyclic) bond motifs is 1. The molecule has 6 heteroatoms. The second-order valence-corrected chi connectivity index (χ2v) is 4.71. The lowest BCUT2D eigenvalue weighted by Gasteiger charge is -2.16. The summed E-state index contributed by atoms with van der Waals surface area (Å²) in [6.07, 6.45) is -0.218. The van der Waals surface area contributed by atoms with Gasteiger partial charge in [-0.25, -0.2) is 0 Å². The van der Waals surface area contributed by atoms with Gasteiger partial charge in [-0.05, 0) is 12.1 Å². The molecule has 0 radical (unpaired) electrons. The van der Waals surface area contributed by atoms with E-state index in [-0.39, 0.29) is 18.7 Å². The zero-order chi connectivity index (χ0) is 15.9. The van der Waals surface area contributed by atoms with Crippen LogP contribution < -0.4 is 5.32 Å². The second kappa shape index (κ2) is 7.72. The minimum Gasteiger partial charge on any atom is -0.469 e. The average Bonchev–Trinajstić information content (AvgIpc) is 2.55. The maximum Gasteiger partial charge on any atom is 0.311 e. The molecule has 0 saturated heterocycles. The Bertz CT molecular complexity index is 641. The first kappa shape index (κ1) is 16.2. The third kappa shape index (κ3) is 3.93. The Hall–Kier alpha value is -2.18. The number of rotatable bonds is 7. The summed E-state index contributed by atoms with van der Waals surface area (Å²) in [6.45, 7) is 0.485. The SMILES string of the molecule is COC(=O)Cc1cc(NCC(OC)OC)c2ccccc2n1. The molecule has 0 aliphatic rings. The Kier molecular flexibility index (Phi) is 5.68. The van der Waals surface area contributed by atoms with Gasteiger partial charge >= 0.3 is 5.97 Å². The van der Waals surface area contributed by atoms with Gasteiger partial charge < -0.3 is 19.5 Å². The fraction of sp³-hybridized carbons (Fsp3) is 0.375. The van der Waals surface area contributed by atoms with E-state index in [1.165, 1.54) is 7.11 Å². The molecule has 0 bridgehead atoms. The molecule has 1 aromatic carbocycles. The molecule has 2 aromatic rings. The van der Waals surface area contributed by atoms with E-state index in [1.807, 2.05) is 30.3 Å². The van der Waals surface area contributed by atoms with Crippen LogP contribution in [0.3, 0.4) is 0 Å². The Labute approximate surface area is 129 Å². The van der Waals surface area contributed by atoms with Crippen LogP contribution in [0.4, 0.5) is 5.69 Å². The topological polar surface area (TPSA) is 69.7 Å². The molecule has 0 unspecified atom stereocenters. The number of ether oxygens (including phenoxy) is 3. The van der Waals surface area contributed by atoms with Crippen LogP contribution in [0.5, 0.6) is 0 Å². The molecule has 0 aliphatic carbocycles. The van der Waals surface area contributed by atoms with E-state index >= 15 is 0 Å². The largest absolute Gasteiger partial charge is 0.469 e. The van der Waals surface area contributed by atoms with Crippen LogP contribution in [0.1, 0.15) is 5.69 Å². The van der Waals surface area contributed by atoms with Gasteiger partial charge in [0.25, 0.3) is 0 Å². The number of para-hydroxylation sites is 1. The lowest BCUT2D eigenvalue weighted by molar-refractivity contribution is -0.139. The highest BCUT2D eigenvalue weighted by molar-refractivity contribution is 5.92. The van der Waals surface area contributed by atoms with Gasteiger partial charge in [-0.1, -0.05) is 18.2 Å². The van der Waals surface area contributed by atoms with E-state index in [9.17, 15) is 4.79 Å². The molecule has 1 heterocycles. The van der Waals surface area contributed by atoms with Gasteiger partial charge in [-0.15, -0.1) is 0 Å². The molecule has 0 saturated carbocycles. The van der Waals surface area contributed by atoms with Gasteiger partial charge in [0.1, 0.15) is 0 Å². The lowest BCUT2D eigenvalue weighted by atomic mass is 10.1. The number of nitrogens with zero attached hydrogens (tertiary/aromatic N) is 1. The predicted octanol–water partition coefficient (Wildman–Crippen LogP) is 1.98. The summed E-state index contributed by atoms with van der Waals surface area (Å²) in [4.78, 5) is 16.0.